The van der Waals surface area contributed by atoms with Crippen LogP contribution in [-0.2, 0) is 6.42 Å². The lowest BCUT2D eigenvalue weighted by Gasteiger charge is -1.98. The van der Waals surface area contributed by atoms with Gasteiger partial charge in [0, 0.05) is 23.4 Å². The minimum absolute atomic E-state index is 1.03. The highest BCUT2D eigenvalue weighted by atomic mass is 32.2. The molecule has 1 aromatic heterocycles. The minimum Gasteiger partial charge on any atom is -0.311 e. The second-order valence-electron chi connectivity index (χ2n) is 2.60. The number of nitrogens with zero attached hydrogens (tertiary/aromatic N) is 1. The van der Waals surface area contributed by atoms with E-state index in [0.717, 1.165) is 18.1 Å². The lowest BCUT2D eigenvalue weighted by Crippen LogP contribution is -2.05. The minimum atomic E-state index is 1.03. The molecule has 0 radical (unpaired) electrons. The first-order chi connectivity index (χ1) is 6.84. The fraction of sp³-hybridized carbons (Fsp3) is 0.700. The van der Waals surface area contributed by atoms with Crippen molar-refractivity contribution in [2.45, 2.75) is 27.2 Å². The van der Waals surface area contributed by atoms with E-state index < -0.39 is 0 Å². The number of rotatable bonds is 5. The highest BCUT2D eigenvalue weighted by Gasteiger charge is 1.99. The van der Waals surface area contributed by atoms with Gasteiger partial charge in [-0.05, 0) is 31.1 Å². The summed E-state index contributed by atoms with van der Waals surface area (Å²) in [6.07, 6.45) is 1.10. The topological polar surface area (TPSA) is 24.9 Å². The average molecular weight is 232 g/mol. The highest BCUT2D eigenvalue weighted by Crippen LogP contribution is 2.11. The predicted octanol–water partition coefficient (Wildman–Crippen LogP) is 2.93. The molecule has 82 valence electrons. The monoisotopic (exact) mass is 232 g/mol. The normalized spacial score (nSPS) is 9.43. The van der Waals surface area contributed by atoms with Gasteiger partial charge >= 0.3 is 0 Å². The van der Waals surface area contributed by atoms with Crippen LogP contribution in [0.2, 0.25) is 0 Å². The first-order valence-electron chi connectivity index (χ1n) is 4.97. The summed E-state index contributed by atoms with van der Waals surface area (Å²) in [7, 11) is 1.97. The number of nitrogens with one attached hydrogen (secondary N) is 1. The maximum atomic E-state index is 4.32. The zero-order chi connectivity index (χ0) is 10.8. The van der Waals surface area contributed by atoms with Crippen LogP contribution in [0.25, 0.3) is 0 Å². The van der Waals surface area contributed by atoms with Crippen LogP contribution in [0.1, 0.15) is 25.1 Å². The van der Waals surface area contributed by atoms with Gasteiger partial charge in [-0.2, -0.15) is 4.37 Å². The summed E-state index contributed by atoms with van der Waals surface area (Å²) >= 11 is 3.47. The molecule has 1 heterocycles. The summed E-state index contributed by atoms with van der Waals surface area (Å²) in [6.45, 7) is 6.13. The zero-order valence-electron chi connectivity index (χ0n) is 9.46. The first-order valence-corrected chi connectivity index (χ1v) is 6.96. The quantitative estimate of drug-likeness (QED) is 0.624. The van der Waals surface area contributed by atoms with E-state index in [0.29, 0.717) is 0 Å². The van der Waals surface area contributed by atoms with E-state index in [1.54, 1.807) is 11.5 Å². The third kappa shape index (κ3) is 5.62. The van der Waals surface area contributed by atoms with Crippen molar-refractivity contribution in [3.8, 4) is 0 Å². The molecule has 0 aliphatic rings. The zero-order valence-corrected chi connectivity index (χ0v) is 11.1. The van der Waals surface area contributed by atoms with Crippen LogP contribution >= 0.6 is 23.3 Å². The van der Waals surface area contributed by atoms with Crippen LogP contribution < -0.4 is 5.32 Å². The fourth-order valence-corrected chi connectivity index (χ4v) is 2.29. The van der Waals surface area contributed by atoms with Crippen molar-refractivity contribution in [2.75, 3.05) is 18.7 Å². The Bertz CT molecular complexity index is 224. The molecule has 1 N–H and O–H groups in total. The fourth-order valence-electron chi connectivity index (χ4n) is 0.895. The second kappa shape index (κ2) is 9.49. The van der Waals surface area contributed by atoms with E-state index in [-0.39, 0.29) is 0 Å². The SMILES string of the molecule is CC.CNCSCCc1nscc1C. The van der Waals surface area contributed by atoms with Crippen LogP contribution in [-0.4, -0.2) is 23.1 Å². The number of aromatic nitrogens is 1. The molecular formula is C10H20N2S2. The number of hydrogen-bond acceptors (Lipinski definition) is 4. The molecule has 14 heavy (non-hydrogen) atoms. The molecule has 0 bridgehead atoms. The van der Waals surface area contributed by atoms with Crippen molar-refractivity contribution in [1.82, 2.24) is 9.69 Å². The lowest BCUT2D eigenvalue weighted by atomic mass is 10.2. The Hall–Kier alpha value is -0.0600. The van der Waals surface area contributed by atoms with Gasteiger partial charge in [-0.15, -0.1) is 11.8 Å². The number of hydrogen-bond donors (Lipinski definition) is 1. The van der Waals surface area contributed by atoms with Crippen LogP contribution in [0.15, 0.2) is 5.38 Å². The molecule has 0 aliphatic carbocycles. The molecule has 1 aromatic rings. The number of aryl methyl sites for hydroxylation is 2. The standard InChI is InChI=1S/C8H14N2S2.C2H6/c1-7-5-12-10-8(7)3-4-11-6-9-2;1-2/h5,9H,3-4,6H2,1-2H3;1-2H3. The molecule has 0 unspecified atom stereocenters. The molecule has 0 saturated carbocycles. The van der Waals surface area contributed by atoms with Crippen molar-refractivity contribution < 1.29 is 0 Å². The third-order valence-electron chi connectivity index (χ3n) is 1.58. The Morgan fingerprint density at radius 2 is 2.21 bits per heavy atom. The van der Waals surface area contributed by atoms with Gasteiger partial charge < -0.3 is 5.32 Å². The summed E-state index contributed by atoms with van der Waals surface area (Å²) in [5.41, 5.74) is 2.61. The van der Waals surface area contributed by atoms with Crippen molar-refractivity contribution in [2.24, 2.45) is 0 Å². The van der Waals surface area contributed by atoms with E-state index in [1.807, 2.05) is 32.7 Å². The van der Waals surface area contributed by atoms with E-state index in [1.165, 1.54) is 11.3 Å². The summed E-state index contributed by atoms with van der Waals surface area (Å²) in [4.78, 5) is 0. The molecule has 4 heteroatoms. The van der Waals surface area contributed by atoms with E-state index in [2.05, 4.69) is 22.0 Å². The Kier molecular flexibility index (Phi) is 9.45. The third-order valence-corrected chi connectivity index (χ3v) is 3.35. The average Bonchev–Trinajstić information content (AvgIpc) is 2.62. The smallest absolute Gasteiger partial charge is 0.0579 e. The van der Waals surface area contributed by atoms with E-state index in [9.17, 15) is 0 Å². The Morgan fingerprint density at radius 1 is 1.50 bits per heavy atom. The summed E-state index contributed by atoms with van der Waals surface area (Å²) in [5.74, 6) is 2.19. The van der Waals surface area contributed by atoms with Crippen molar-refractivity contribution in [3.05, 3.63) is 16.6 Å². The summed E-state index contributed by atoms with van der Waals surface area (Å²) in [6, 6.07) is 0. The molecule has 0 amide bonds. The molecule has 1 rings (SSSR count). The molecular weight excluding hydrogens is 212 g/mol. The molecule has 0 aromatic carbocycles. The van der Waals surface area contributed by atoms with E-state index >= 15 is 0 Å². The van der Waals surface area contributed by atoms with E-state index in [4.69, 9.17) is 0 Å². The highest BCUT2D eigenvalue weighted by molar-refractivity contribution is 7.99. The predicted molar refractivity (Wildman–Crippen MR) is 68.3 cm³/mol. The second-order valence-corrected chi connectivity index (χ2v) is 4.33. The van der Waals surface area contributed by atoms with Gasteiger partial charge in [-0.25, -0.2) is 0 Å². The molecule has 2 nitrogen and oxygen atoms in total. The molecule has 0 fully saturated rings. The Morgan fingerprint density at radius 3 is 2.71 bits per heavy atom. The van der Waals surface area contributed by atoms with Gasteiger partial charge in [0.1, 0.15) is 0 Å². The van der Waals surface area contributed by atoms with Gasteiger partial charge in [0.05, 0.1) is 5.69 Å². The van der Waals surface area contributed by atoms with Crippen LogP contribution in [0, 0.1) is 6.92 Å². The number of thioether (sulfide) groups is 1. The van der Waals surface area contributed by atoms with Crippen LogP contribution in [0.3, 0.4) is 0 Å². The van der Waals surface area contributed by atoms with Gasteiger partial charge in [0.2, 0.25) is 0 Å². The van der Waals surface area contributed by atoms with Crippen molar-refractivity contribution in [3.63, 3.8) is 0 Å². The largest absolute Gasteiger partial charge is 0.311 e. The summed E-state index contributed by atoms with van der Waals surface area (Å²) < 4.78 is 4.32. The molecule has 0 aliphatic heterocycles. The molecule has 0 spiro atoms. The van der Waals surface area contributed by atoms with Gasteiger partial charge in [-0.1, -0.05) is 13.8 Å². The summed E-state index contributed by atoms with van der Waals surface area (Å²) in [5, 5.41) is 5.22. The van der Waals surface area contributed by atoms with Crippen molar-refractivity contribution in [1.29, 1.82) is 0 Å². The maximum absolute atomic E-state index is 4.32. The molecule has 0 atom stereocenters. The van der Waals surface area contributed by atoms with Crippen LogP contribution in [0.4, 0.5) is 0 Å². The lowest BCUT2D eigenvalue weighted by molar-refractivity contribution is 0.976. The van der Waals surface area contributed by atoms with Crippen molar-refractivity contribution >= 4 is 23.3 Å². The van der Waals surface area contributed by atoms with Gasteiger partial charge in [0.25, 0.3) is 0 Å². The Labute approximate surface area is 95.7 Å². The first kappa shape index (κ1) is 13.9. The maximum Gasteiger partial charge on any atom is 0.0579 e. The van der Waals surface area contributed by atoms with Crippen LogP contribution in [0.5, 0.6) is 0 Å². The van der Waals surface area contributed by atoms with Gasteiger partial charge in [-0.3, -0.25) is 0 Å². The molecule has 0 saturated heterocycles. The Balaban J connectivity index is 0.000000791. The van der Waals surface area contributed by atoms with Gasteiger partial charge in [0.15, 0.2) is 0 Å².